The van der Waals surface area contributed by atoms with E-state index in [0.29, 0.717) is 0 Å². The van der Waals surface area contributed by atoms with Gasteiger partial charge in [-0.05, 0) is 47.9 Å². The summed E-state index contributed by atoms with van der Waals surface area (Å²) in [6.45, 7) is 1.90. The quantitative estimate of drug-likeness (QED) is 0.766. The number of rotatable bonds is 2. The molecule has 0 bridgehead atoms. The molecule has 0 N–H and O–H groups in total. The highest BCUT2D eigenvalue weighted by atomic mass is 19.4. The van der Waals surface area contributed by atoms with Crippen molar-refractivity contribution in [3.05, 3.63) is 53.6 Å². The average molecular weight is 266 g/mol. The molecule has 2 rings (SSSR count). The summed E-state index contributed by atoms with van der Waals surface area (Å²) in [7, 11) is 1.58. The Morgan fingerprint density at radius 3 is 1.95 bits per heavy atom. The molecule has 0 saturated heterocycles. The first kappa shape index (κ1) is 13.5. The topological polar surface area (TPSA) is 9.23 Å². The van der Waals surface area contributed by atoms with Gasteiger partial charge in [0.25, 0.3) is 0 Å². The van der Waals surface area contributed by atoms with Crippen LogP contribution in [0.1, 0.15) is 11.1 Å². The highest BCUT2D eigenvalue weighted by molar-refractivity contribution is 5.66. The van der Waals surface area contributed by atoms with Crippen LogP contribution < -0.4 is 4.74 Å². The lowest BCUT2D eigenvalue weighted by Gasteiger charge is -2.09. The van der Waals surface area contributed by atoms with Crippen LogP contribution in [0.5, 0.6) is 5.75 Å². The lowest BCUT2D eigenvalue weighted by atomic mass is 10.0. The van der Waals surface area contributed by atoms with Crippen molar-refractivity contribution >= 4 is 0 Å². The van der Waals surface area contributed by atoms with E-state index >= 15 is 0 Å². The first-order valence-corrected chi connectivity index (χ1v) is 5.74. The Kier molecular flexibility index (Phi) is 3.51. The molecule has 0 aliphatic rings. The Bertz CT molecular complexity index is 571. The molecule has 100 valence electrons. The molecule has 2 aromatic rings. The van der Waals surface area contributed by atoms with Crippen molar-refractivity contribution < 1.29 is 17.9 Å². The smallest absolute Gasteiger partial charge is 0.416 e. The van der Waals surface area contributed by atoms with Gasteiger partial charge in [-0.25, -0.2) is 0 Å². The minimum atomic E-state index is -4.30. The van der Waals surface area contributed by atoms with Crippen LogP contribution in [0.3, 0.4) is 0 Å². The van der Waals surface area contributed by atoms with Gasteiger partial charge in [-0.2, -0.15) is 13.2 Å². The molecular weight excluding hydrogens is 253 g/mol. The van der Waals surface area contributed by atoms with E-state index < -0.39 is 11.7 Å². The molecule has 0 spiro atoms. The van der Waals surface area contributed by atoms with Crippen LogP contribution in [0.4, 0.5) is 13.2 Å². The molecule has 4 heteroatoms. The SMILES string of the molecule is COc1ccc(-c2ccc(C(F)(F)F)cc2)cc1C. The molecule has 19 heavy (non-hydrogen) atoms. The summed E-state index contributed by atoms with van der Waals surface area (Å²) < 4.78 is 42.6. The number of hydrogen-bond donors (Lipinski definition) is 0. The monoisotopic (exact) mass is 266 g/mol. The molecule has 0 aliphatic heterocycles. The van der Waals surface area contributed by atoms with E-state index in [1.54, 1.807) is 7.11 Å². The summed E-state index contributed by atoms with van der Waals surface area (Å²) in [6, 6.07) is 10.7. The number of aryl methyl sites for hydroxylation is 1. The van der Waals surface area contributed by atoms with Crippen molar-refractivity contribution in [2.75, 3.05) is 7.11 Å². The van der Waals surface area contributed by atoms with Crippen LogP contribution in [-0.4, -0.2) is 7.11 Å². The molecule has 0 unspecified atom stereocenters. The molecule has 0 atom stereocenters. The Labute approximate surface area is 109 Å². The standard InChI is InChI=1S/C15H13F3O/c1-10-9-12(5-8-14(10)19-2)11-3-6-13(7-4-11)15(16,17)18/h3-9H,1-2H3. The number of benzene rings is 2. The maximum atomic E-state index is 12.5. The fourth-order valence-corrected chi connectivity index (χ4v) is 1.91. The largest absolute Gasteiger partial charge is 0.496 e. The fourth-order valence-electron chi connectivity index (χ4n) is 1.91. The zero-order valence-electron chi connectivity index (χ0n) is 10.6. The van der Waals surface area contributed by atoms with Crippen LogP contribution in [0.2, 0.25) is 0 Å². The van der Waals surface area contributed by atoms with Crippen molar-refractivity contribution in [3.8, 4) is 16.9 Å². The van der Waals surface area contributed by atoms with E-state index in [1.165, 1.54) is 12.1 Å². The Balaban J connectivity index is 2.35. The van der Waals surface area contributed by atoms with Gasteiger partial charge in [-0.15, -0.1) is 0 Å². The molecule has 0 aromatic heterocycles. The lowest BCUT2D eigenvalue weighted by molar-refractivity contribution is -0.137. The molecule has 0 saturated carbocycles. The molecule has 2 aromatic carbocycles. The number of methoxy groups -OCH3 is 1. The van der Waals surface area contributed by atoms with Gasteiger partial charge in [0.1, 0.15) is 5.75 Å². The molecule has 0 aliphatic carbocycles. The maximum Gasteiger partial charge on any atom is 0.416 e. The van der Waals surface area contributed by atoms with Gasteiger partial charge in [0, 0.05) is 0 Å². The Morgan fingerprint density at radius 2 is 1.47 bits per heavy atom. The predicted molar refractivity (Wildman–Crippen MR) is 68.2 cm³/mol. The fraction of sp³-hybridized carbons (Fsp3) is 0.200. The van der Waals surface area contributed by atoms with Crippen molar-refractivity contribution in [1.29, 1.82) is 0 Å². The zero-order valence-corrected chi connectivity index (χ0v) is 10.6. The maximum absolute atomic E-state index is 12.5. The molecule has 0 amide bonds. The van der Waals surface area contributed by atoms with Gasteiger partial charge in [0.15, 0.2) is 0 Å². The van der Waals surface area contributed by atoms with Gasteiger partial charge in [-0.1, -0.05) is 18.2 Å². The third kappa shape index (κ3) is 2.89. The zero-order chi connectivity index (χ0) is 14.0. The third-order valence-electron chi connectivity index (χ3n) is 2.94. The van der Waals surface area contributed by atoms with Crippen molar-refractivity contribution in [2.24, 2.45) is 0 Å². The number of alkyl halides is 3. The normalized spacial score (nSPS) is 11.4. The van der Waals surface area contributed by atoms with E-state index in [-0.39, 0.29) is 0 Å². The van der Waals surface area contributed by atoms with Gasteiger partial charge in [-0.3, -0.25) is 0 Å². The van der Waals surface area contributed by atoms with E-state index in [2.05, 4.69) is 0 Å². The van der Waals surface area contributed by atoms with Crippen LogP contribution >= 0.6 is 0 Å². The molecule has 0 heterocycles. The molecule has 0 fully saturated rings. The third-order valence-corrected chi connectivity index (χ3v) is 2.94. The van der Waals surface area contributed by atoms with Gasteiger partial charge < -0.3 is 4.74 Å². The molecule has 1 nitrogen and oxygen atoms in total. The van der Waals surface area contributed by atoms with Crippen molar-refractivity contribution in [2.45, 2.75) is 13.1 Å². The molecular formula is C15H13F3O. The first-order chi connectivity index (χ1) is 8.91. The number of halogens is 3. The van der Waals surface area contributed by atoms with Crippen LogP contribution in [0, 0.1) is 6.92 Å². The summed E-state index contributed by atoms with van der Waals surface area (Å²) in [5, 5.41) is 0. The van der Waals surface area contributed by atoms with Crippen molar-refractivity contribution in [3.63, 3.8) is 0 Å². The van der Waals surface area contributed by atoms with Gasteiger partial charge in [0.05, 0.1) is 12.7 Å². The summed E-state index contributed by atoms with van der Waals surface area (Å²) in [5.41, 5.74) is 1.92. The van der Waals surface area contributed by atoms with E-state index in [1.807, 2.05) is 25.1 Å². The average Bonchev–Trinajstić information content (AvgIpc) is 2.38. The van der Waals surface area contributed by atoms with Gasteiger partial charge >= 0.3 is 6.18 Å². The van der Waals surface area contributed by atoms with E-state index in [0.717, 1.165) is 34.6 Å². The summed E-state index contributed by atoms with van der Waals surface area (Å²) >= 11 is 0. The Morgan fingerprint density at radius 1 is 0.895 bits per heavy atom. The second kappa shape index (κ2) is 4.96. The highest BCUT2D eigenvalue weighted by Gasteiger charge is 2.29. The predicted octanol–water partition coefficient (Wildman–Crippen LogP) is 4.69. The van der Waals surface area contributed by atoms with E-state index in [4.69, 9.17) is 4.74 Å². The second-order valence-electron chi connectivity index (χ2n) is 4.26. The highest BCUT2D eigenvalue weighted by Crippen LogP contribution is 2.32. The minimum Gasteiger partial charge on any atom is -0.496 e. The van der Waals surface area contributed by atoms with Gasteiger partial charge in [0.2, 0.25) is 0 Å². The molecule has 0 radical (unpaired) electrons. The number of hydrogen-bond acceptors (Lipinski definition) is 1. The van der Waals surface area contributed by atoms with E-state index in [9.17, 15) is 13.2 Å². The van der Waals surface area contributed by atoms with Crippen LogP contribution in [0.25, 0.3) is 11.1 Å². The van der Waals surface area contributed by atoms with Crippen molar-refractivity contribution in [1.82, 2.24) is 0 Å². The summed E-state index contributed by atoms with van der Waals surface area (Å²) in [5.74, 6) is 0.760. The minimum absolute atomic E-state index is 0.638. The summed E-state index contributed by atoms with van der Waals surface area (Å²) in [6.07, 6.45) is -4.30. The van der Waals surface area contributed by atoms with Crippen LogP contribution in [-0.2, 0) is 6.18 Å². The number of ether oxygens (including phenoxy) is 1. The Hall–Kier alpha value is -1.97. The van der Waals surface area contributed by atoms with Crippen LogP contribution in [0.15, 0.2) is 42.5 Å². The summed E-state index contributed by atoms with van der Waals surface area (Å²) in [4.78, 5) is 0. The second-order valence-corrected chi connectivity index (χ2v) is 4.26. The lowest BCUT2D eigenvalue weighted by Crippen LogP contribution is -2.03. The first-order valence-electron chi connectivity index (χ1n) is 5.74.